The Morgan fingerprint density at radius 3 is 2.81 bits per heavy atom. The number of hydrogen-bond acceptors (Lipinski definition) is 6. The first kappa shape index (κ1) is 16.4. The maximum Gasteiger partial charge on any atom is 0.246 e. The molecule has 1 unspecified atom stereocenters. The Morgan fingerprint density at radius 2 is 2.19 bits per heavy atom. The van der Waals surface area contributed by atoms with Gasteiger partial charge in [0.05, 0.1) is 17.7 Å². The Kier molecular flexibility index (Phi) is 4.71. The van der Waals surface area contributed by atoms with Gasteiger partial charge < -0.3 is 5.11 Å². The maximum absolute atomic E-state index is 12.5. The summed E-state index contributed by atoms with van der Waals surface area (Å²) >= 11 is 0. The van der Waals surface area contributed by atoms with Crippen LogP contribution < -0.4 is 0 Å². The molecule has 1 N–H and O–H groups in total. The molecule has 0 bridgehead atoms. The Balaban J connectivity index is 2.20. The van der Waals surface area contributed by atoms with Gasteiger partial charge in [0, 0.05) is 31.9 Å². The van der Waals surface area contributed by atoms with E-state index in [1.54, 1.807) is 6.92 Å². The topological polar surface area (TPSA) is 110 Å². The highest BCUT2D eigenvalue weighted by Gasteiger charge is 2.37. The molecule has 1 atom stereocenters. The standard InChI is InChI=1S/C11H19N3O5S2/c1-10-9-20(16,17)6-4-14(10)21(18,19)11-7-12-13(8-11)3-2-5-15/h7-8,10,15H,2-6,9H2,1H3. The number of sulfone groups is 1. The highest BCUT2D eigenvalue weighted by Crippen LogP contribution is 2.21. The lowest BCUT2D eigenvalue weighted by molar-refractivity contribution is 0.277. The van der Waals surface area contributed by atoms with Crippen molar-refractivity contribution in [2.75, 3.05) is 24.7 Å². The number of aliphatic hydroxyl groups excluding tert-OH is 1. The summed E-state index contributed by atoms with van der Waals surface area (Å²) < 4.78 is 50.8. The number of aliphatic hydroxyl groups is 1. The zero-order chi connectivity index (χ0) is 15.7. The van der Waals surface area contributed by atoms with Gasteiger partial charge in [-0.05, 0) is 13.3 Å². The average molecular weight is 337 g/mol. The van der Waals surface area contributed by atoms with E-state index in [-0.39, 0.29) is 29.6 Å². The summed E-state index contributed by atoms with van der Waals surface area (Å²) in [6, 6.07) is -0.588. The van der Waals surface area contributed by atoms with Gasteiger partial charge >= 0.3 is 0 Å². The van der Waals surface area contributed by atoms with Crippen LogP contribution in [-0.4, -0.2) is 66.7 Å². The van der Waals surface area contributed by atoms with Crippen molar-refractivity contribution in [1.82, 2.24) is 14.1 Å². The van der Waals surface area contributed by atoms with Crippen molar-refractivity contribution in [3.05, 3.63) is 12.4 Å². The molecule has 2 rings (SSSR count). The van der Waals surface area contributed by atoms with Crippen LogP contribution in [0.2, 0.25) is 0 Å². The van der Waals surface area contributed by atoms with Gasteiger partial charge in [0.15, 0.2) is 9.84 Å². The first-order valence-corrected chi connectivity index (χ1v) is 9.88. The minimum atomic E-state index is -3.74. The second-order valence-electron chi connectivity index (χ2n) is 5.10. The lowest BCUT2D eigenvalue weighted by Gasteiger charge is -2.31. The predicted molar refractivity (Wildman–Crippen MR) is 75.9 cm³/mol. The van der Waals surface area contributed by atoms with Crippen molar-refractivity contribution in [3.63, 3.8) is 0 Å². The zero-order valence-corrected chi connectivity index (χ0v) is 13.3. The third kappa shape index (κ3) is 3.62. The number of hydrogen-bond donors (Lipinski definition) is 1. The molecule has 10 heteroatoms. The number of aromatic nitrogens is 2. The molecule has 1 aromatic rings. The molecule has 0 saturated carbocycles. The average Bonchev–Trinajstić information content (AvgIpc) is 2.84. The van der Waals surface area contributed by atoms with E-state index in [0.717, 1.165) is 0 Å². The van der Waals surface area contributed by atoms with Gasteiger partial charge in [-0.1, -0.05) is 0 Å². The van der Waals surface area contributed by atoms with Gasteiger partial charge in [0.1, 0.15) is 4.90 Å². The van der Waals surface area contributed by atoms with E-state index in [9.17, 15) is 16.8 Å². The second-order valence-corrected chi connectivity index (χ2v) is 9.21. The zero-order valence-electron chi connectivity index (χ0n) is 11.7. The molecule has 2 heterocycles. The van der Waals surface area contributed by atoms with Crippen LogP contribution >= 0.6 is 0 Å². The molecule has 0 radical (unpaired) electrons. The summed E-state index contributed by atoms with van der Waals surface area (Å²) in [5, 5.41) is 12.7. The molecule has 1 fully saturated rings. The van der Waals surface area contributed by atoms with Crippen LogP contribution in [0.15, 0.2) is 17.3 Å². The molecule has 1 aliphatic heterocycles. The van der Waals surface area contributed by atoms with E-state index < -0.39 is 25.9 Å². The number of nitrogens with zero attached hydrogens (tertiary/aromatic N) is 3. The van der Waals surface area contributed by atoms with Crippen LogP contribution in [0.3, 0.4) is 0 Å². The van der Waals surface area contributed by atoms with E-state index in [2.05, 4.69) is 5.10 Å². The summed E-state index contributed by atoms with van der Waals surface area (Å²) in [5.74, 6) is -0.319. The summed E-state index contributed by atoms with van der Waals surface area (Å²) in [6.45, 7) is 1.98. The molecule has 0 amide bonds. The second kappa shape index (κ2) is 6.03. The Hall–Kier alpha value is -0.970. The van der Waals surface area contributed by atoms with E-state index in [1.807, 2.05) is 0 Å². The van der Waals surface area contributed by atoms with Crippen LogP contribution in [0.5, 0.6) is 0 Å². The van der Waals surface area contributed by atoms with Gasteiger partial charge in [-0.25, -0.2) is 16.8 Å². The molecule has 1 saturated heterocycles. The van der Waals surface area contributed by atoms with E-state index in [1.165, 1.54) is 21.4 Å². The maximum atomic E-state index is 12.5. The highest BCUT2D eigenvalue weighted by atomic mass is 32.2. The fourth-order valence-corrected chi connectivity index (χ4v) is 5.66. The fraction of sp³-hybridized carbons (Fsp3) is 0.727. The van der Waals surface area contributed by atoms with E-state index in [4.69, 9.17) is 5.11 Å². The fourth-order valence-electron chi connectivity index (χ4n) is 2.31. The predicted octanol–water partition coefficient (Wildman–Crippen LogP) is -0.927. The highest BCUT2D eigenvalue weighted by molar-refractivity contribution is 7.92. The minimum absolute atomic E-state index is 0.00294. The molecule has 21 heavy (non-hydrogen) atoms. The normalized spacial score (nSPS) is 23.2. The van der Waals surface area contributed by atoms with E-state index in [0.29, 0.717) is 13.0 Å². The molecule has 1 aromatic heterocycles. The minimum Gasteiger partial charge on any atom is -0.396 e. The number of sulfonamides is 1. The van der Waals surface area contributed by atoms with Gasteiger partial charge in [-0.2, -0.15) is 9.40 Å². The molecule has 0 aromatic carbocycles. The molecule has 120 valence electrons. The van der Waals surface area contributed by atoms with Gasteiger partial charge in [0.2, 0.25) is 10.0 Å². The SMILES string of the molecule is CC1CS(=O)(=O)CCN1S(=O)(=O)c1cnn(CCCO)c1. The van der Waals surface area contributed by atoms with Crippen molar-refractivity contribution in [2.24, 2.45) is 0 Å². The summed E-state index contributed by atoms with van der Waals surface area (Å²) in [5.41, 5.74) is 0. The lowest BCUT2D eigenvalue weighted by atomic mass is 10.4. The Morgan fingerprint density at radius 1 is 1.48 bits per heavy atom. The molecule has 8 nitrogen and oxygen atoms in total. The van der Waals surface area contributed by atoms with Crippen molar-refractivity contribution in [1.29, 1.82) is 0 Å². The van der Waals surface area contributed by atoms with Gasteiger partial charge in [-0.3, -0.25) is 4.68 Å². The number of rotatable bonds is 5. The summed E-state index contributed by atoms with van der Waals surface area (Å²) in [7, 11) is -6.91. The molecule has 0 aliphatic carbocycles. The number of aryl methyl sites for hydroxylation is 1. The van der Waals surface area contributed by atoms with Gasteiger partial charge in [-0.15, -0.1) is 0 Å². The first-order chi connectivity index (χ1) is 9.76. The molecule has 0 spiro atoms. The van der Waals surface area contributed by atoms with Crippen LogP contribution in [0.1, 0.15) is 13.3 Å². The monoisotopic (exact) mass is 337 g/mol. The molecule has 1 aliphatic rings. The van der Waals surface area contributed by atoms with Crippen LogP contribution in [0.25, 0.3) is 0 Å². The first-order valence-electron chi connectivity index (χ1n) is 6.62. The smallest absolute Gasteiger partial charge is 0.246 e. The molecular formula is C11H19N3O5S2. The summed E-state index contributed by atoms with van der Waals surface area (Å²) in [6.07, 6.45) is 3.14. The van der Waals surface area contributed by atoms with Crippen molar-refractivity contribution in [3.8, 4) is 0 Å². The van der Waals surface area contributed by atoms with Crippen LogP contribution in [-0.2, 0) is 26.4 Å². The molecular weight excluding hydrogens is 318 g/mol. The quantitative estimate of drug-likeness (QED) is 0.744. The van der Waals surface area contributed by atoms with Gasteiger partial charge in [0.25, 0.3) is 0 Å². The Labute approximate surface area is 124 Å². The Bertz CT molecular complexity index is 695. The van der Waals surface area contributed by atoms with E-state index >= 15 is 0 Å². The van der Waals surface area contributed by atoms with Crippen molar-refractivity contribution < 1.29 is 21.9 Å². The lowest BCUT2D eigenvalue weighted by Crippen LogP contribution is -2.49. The van der Waals surface area contributed by atoms with Crippen molar-refractivity contribution in [2.45, 2.75) is 30.8 Å². The summed E-state index contributed by atoms with van der Waals surface area (Å²) in [4.78, 5) is 0.0478. The van der Waals surface area contributed by atoms with Crippen LogP contribution in [0.4, 0.5) is 0 Å². The largest absolute Gasteiger partial charge is 0.396 e. The van der Waals surface area contributed by atoms with Crippen LogP contribution in [0, 0.1) is 0 Å². The third-order valence-electron chi connectivity index (χ3n) is 3.37. The third-order valence-corrected chi connectivity index (χ3v) is 7.13. The van der Waals surface area contributed by atoms with Crippen molar-refractivity contribution >= 4 is 19.9 Å².